The third kappa shape index (κ3) is 5.06. The highest BCUT2D eigenvalue weighted by molar-refractivity contribution is 7.90. The zero-order valence-corrected chi connectivity index (χ0v) is 13.4. The Morgan fingerprint density at radius 2 is 2.16 bits per heavy atom. The average molecular weight is 306 g/mol. The summed E-state index contributed by atoms with van der Waals surface area (Å²) < 4.78 is 27.9. The summed E-state index contributed by atoms with van der Waals surface area (Å²) in [5, 5.41) is 5.29. The highest BCUT2D eigenvalue weighted by Gasteiger charge is 2.19. The minimum atomic E-state index is -3.50. The molecule has 1 aromatic heterocycles. The molecule has 0 spiro atoms. The van der Waals surface area contributed by atoms with Crippen LogP contribution < -0.4 is 10.0 Å². The molecule has 0 aliphatic rings. The summed E-state index contributed by atoms with van der Waals surface area (Å²) >= 11 is 1.31. The van der Waals surface area contributed by atoms with Gasteiger partial charge in [0.15, 0.2) is 5.13 Å². The topological polar surface area (TPSA) is 74.3 Å². The summed E-state index contributed by atoms with van der Waals surface area (Å²) in [5.41, 5.74) is 0.903. The van der Waals surface area contributed by atoms with Crippen molar-refractivity contribution in [2.24, 2.45) is 0 Å². The summed E-state index contributed by atoms with van der Waals surface area (Å²) in [6, 6.07) is 0. The molecular weight excluding hydrogens is 284 g/mol. The van der Waals surface area contributed by atoms with E-state index < -0.39 is 10.2 Å². The second-order valence-electron chi connectivity index (χ2n) is 4.62. The van der Waals surface area contributed by atoms with Crippen molar-refractivity contribution in [1.29, 1.82) is 0 Å². The van der Waals surface area contributed by atoms with Crippen LogP contribution in [0.5, 0.6) is 0 Å². The van der Waals surface area contributed by atoms with Crippen LogP contribution in [0.1, 0.15) is 31.9 Å². The maximum atomic E-state index is 12.0. The van der Waals surface area contributed by atoms with Crippen LogP contribution in [0.4, 0.5) is 5.13 Å². The fraction of sp³-hybridized carbons (Fsp3) is 0.727. The van der Waals surface area contributed by atoms with E-state index in [1.54, 1.807) is 7.05 Å². The molecule has 0 aromatic carbocycles. The second-order valence-corrected chi connectivity index (χ2v) is 7.25. The van der Waals surface area contributed by atoms with Crippen LogP contribution in [0.25, 0.3) is 0 Å². The van der Waals surface area contributed by atoms with Gasteiger partial charge >= 0.3 is 10.2 Å². The van der Waals surface area contributed by atoms with Crippen molar-refractivity contribution < 1.29 is 8.42 Å². The molecule has 0 fully saturated rings. The number of aromatic nitrogens is 1. The summed E-state index contributed by atoms with van der Waals surface area (Å²) in [4.78, 5) is 4.26. The Kier molecular flexibility index (Phi) is 6.18. The molecule has 0 saturated heterocycles. The molecule has 0 aliphatic heterocycles. The van der Waals surface area contributed by atoms with Gasteiger partial charge in [-0.1, -0.05) is 13.8 Å². The molecule has 1 rings (SSSR count). The zero-order chi connectivity index (χ0) is 14.5. The monoisotopic (exact) mass is 306 g/mol. The van der Waals surface area contributed by atoms with Crippen molar-refractivity contribution in [2.45, 2.75) is 26.2 Å². The molecule has 19 heavy (non-hydrogen) atoms. The van der Waals surface area contributed by atoms with E-state index in [0.29, 0.717) is 17.6 Å². The van der Waals surface area contributed by atoms with Gasteiger partial charge in [-0.15, -0.1) is 11.3 Å². The zero-order valence-electron chi connectivity index (χ0n) is 11.8. The number of hydrogen-bond acceptors (Lipinski definition) is 5. The second kappa shape index (κ2) is 7.18. The molecule has 110 valence electrons. The SMILES string of the molecule is CNCCCN(C)S(=O)(=O)Nc1nc(C(C)C)cs1. The molecule has 1 aromatic rings. The molecule has 1 heterocycles. The molecule has 0 bridgehead atoms. The Bertz CT molecular complexity index is 485. The largest absolute Gasteiger partial charge is 0.320 e. The van der Waals surface area contributed by atoms with Gasteiger partial charge in [0.05, 0.1) is 5.69 Å². The summed E-state index contributed by atoms with van der Waals surface area (Å²) in [5.74, 6) is 0.294. The lowest BCUT2D eigenvalue weighted by Crippen LogP contribution is -2.34. The van der Waals surface area contributed by atoms with Crippen LogP contribution >= 0.6 is 11.3 Å². The van der Waals surface area contributed by atoms with Gasteiger partial charge < -0.3 is 5.32 Å². The molecule has 8 heteroatoms. The minimum Gasteiger partial charge on any atom is -0.320 e. The molecule has 0 radical (unpaired) electrons. The molecule has 0 saturated carbocycles. The van der Waals surface area contributed by atoms with Gasteiger partial charge in [0.2, 0.25) is 0 Å². The van der Waals surface area contributed by atoms with Gasteiger partial charge in [-0.25, -0.2) is 9.71 Å². The lowest BCUT2D eigenvalue weighted by Gasteiger charge is -2.16. The highest BCUT2D eigenvalue weighted by Crippen LogP contribution is 2.22. The van der Waals surface area contributed by atoms with Crippen molar-refractivity contribution in [3.05, 3.63) is 11.1 Å². The van der Waals surface area contributed by atoms with Gasteiger partial charge in [-0.05, 0) is 25.9 Å². The van der Waals surface area contributed by atoms with Crippen molar-refractivity contribution in [2.75, 3.05) is 31.9 Å². The predicted octanol–water partition coefficient (Wildman–Crippen LogP) is 1.46. The highest BCUT2D eigenvalue weighted by atomic mass is 32.2. The van der Waals surface area contributed by atoms with Gasteiger partial charge in [-0.3, -0.25) is 0 Å². The Morgan fingerprint density at radius 1 is 1.47 bits per heavy atom. The van der Waals surface area contributed by atoms with Gasteiger partial charge in [-0.2, -0.15) is 12.7 Å². The van der Waals surface area contributed by atoms with E-state index in [2.05, 4.69) is 15.0 Å². The first-order valence-electron chi connectivity index (χ1n) is 6.21. The van der Waals surface area contributed by atoms with Gasteiger partial charge in [0.25, 0.3) is 0 Å². The number of thiazole rings is 1. The number of nitrogens with one attached hydrogen (secondary N) is 2. The van der Waals surface area contributed by atoms with E-state index >= 15 is 0 Å². The predicted molar refractivity (Wildman–Crippen MR) is 79.9 cm³/mol. The third-order valence-electron chi connectivity index (χ3n) is 2.64. The van der Waals surface area contributed by atoms with Gasteiger partial charge in [0.1, 0.15) is 0 Å². The number of nitrogens with zero attached hydrogens (tertiary/aromatic N) is 2. The first-order chi connectivity index (χ1) is 8.86. The molecule has 0 aliphatic carbocycles. The van der Waals surface area contributed by atoms with Crippen LogP contribution in [0, 0.1) is 0 Å². The van der Waals surface area contributed by atoms with Crippen LogP contribution in [0.2, 0.25) is 0 Å². The number of hydrogen-bond donors (Lipinski definition) is 2. The number of anilines is 1. The molecule has 2 N–H and O–H groups in total. The van der Waals surface area contributed by atoms with Crippen molar-refractivity contribution in [3.8, 4) is 0 Å². The number of rotatable bonds is 8. The van der Waals surface area contributed by atoms with E-state index in [1.807, 2.05) is 26.3 Å². The summed E-state index contributed by atoms with van der Waals surface area (Å²) in [6.07, 6.45) is 0.767. The van der Waals surface area contributed by atoms with Crippen LogP contribution in [0.3, 0.4) is 0 Å². The lowest BCUT2D eigenvalue weighted by molar-refractivity contribution is 0.462. The Morgan fingerprint density at radius 3 is 2.68 bits per heavy atom. The van der Waals surface area contributed by atoms with E-state index in [1.165, 1.54) is 15.6 Å². The van der Waals surface area contributed by atoms with Crippen LogP contribution in [-0.2, 0) is 10.2 Å². The van der Waals surface area contributed by atoms with Crippen LogP contribution in [-0.4, -0.2) is 44.9 Å². The molecule has 6 nitrogen and oxygen atoms in total. The van der Waals surface area contributed by atoms with Gasteiger partial charge in [0, 0.05) is 19.0 Å². The van der Waals surface area contributed by atoms with E-state index in [0.717, 1.165) is 18.7 Å². The van der Waals surface area contributed by atoms with Crippen molar-refractivity contribution in [3.63, 3.8) is 0 Å². The quantitative estimate of drug-likeness (QED) is 0.713. The van der Waals surface area contributed by atoms with E-state index in [9.17, 15) is 8.42 Å². The van der Waals surface area contributed by atoms with E-state index in [4.69, 9.17) is 0 Å². The fourth-order valence-corrected chi connectivity index (χ4v) is 3.40. The first-order valence-corrected chi connectivity index (χ1v) is 8.53. The smallest absolute Gasteiger partial charge is 0.303 e. The Labute approximate surface area is 119 Å². The standard InChI is InChI=1S/C11H22N4O2S2/c1-9(2)10-8-18-11(13-10)14-19(16,17)15(4)7-5-6-12-3/h8-9,12H,5-7H2,1-4H3,(H,13,14). The van der Waals surface area contributed by atoms with Crippen LogP contribution in [0.15, 0.2) is 5.38 Å². The molecular formula is C11H22N4O2S2. The summed E-state index contributed by atoms with van der Waals surface area (Å²) in [7, 11) is -0.0952. The minimum absolute atomic E-state index is 0.294. The third-order valence-corrected chi connectivity index (χ3v) is 5.00. The molecule has 0 atom stereocenters. The fourth-order valence-electron chi connectivity index (χ4n) is 1.39. The average Bonchev–Trinajstić information content (AvgIpc) is 2.77. The van der Waals surface area contributed by atoms with E-state index in [-0.39, 0.29) is 0 Å². The lowest BCUT2D eigenvalue weighted by atomic mass is 10.2. The molecule has 0 unspecified atom stereocenters. The maximum Gasteiger partial charge on any atom is 0.303 e. The first kappa shape index (κ1) is 16.4. The Hall–Kier alpha value is -0.700. The normalized spacial score (nSPS) is 12.3. The molecule has 0 amide bonds. The maximum absolute atomic E-state index is 12.0. The van der Waals surface area contributed by atoms with Crippen molar-refractivity contribution in [1.82, 2.24) is 14.6 Å². The summed E-state index contributed by atoms with van der Waals surface area (Å²) in [6.45, 7) is 5.31. The van der Waals surface area contributed by atoms with Crippen molar-refractivity contribution >= 4 is 26.7 Å². The Balaban J connectivity index is 2.62.